The van der Waals surface area contributed by atoms with Gasteiger partial charge in [-0.1, -0.05) is 0 Å². The van der Waals surface area contributed by atoms with Crippen LogP contribution in [0.15, 0.2) is 0 Å². The Morgan fingerprint density at radius 3 is 2.36 bits per heavy atom. The molecule has 14 heavy (non-hydrogen) atoms. The summed E-state index contributed by atoms with van der Waals surface area (Å²) in [6, 6.07) is -1.38. The van der Waals surface area contributed by atoms with Gasteiger partial charge in [-0.25, -0.2) is 4.79 Å². The van der Waals surface area contributed by atoms with E-state index < -0.39 is 37.1 Å². The highest BCUT2D eigenvalue weighted by Gasteiger charge is 2.18. The predicted octanol–water partition coefficient (Wildman–Crippen LogP) is -1.89. The summed E-state index contributed by atoms with van der Waals surface area (Å²) in [5.74, 6) is -2.78. The van der Waals surface area contributed by atoms with Gasteiger partial charge in [0.25, 0.3) is 5.91 Å². The van der Waals surface area contributed by atoms with Gasteiger partial charge in [0.1, 0.15) is 6.04 Å². The van der Waals surface area contributed by atoms with Gasteiger partial charge in [-0.3, -0.25) is 9.59 Å². The second-order valence-corrected chi connectivity index (χ2v) is 2.42. The van der Waals surface area contributed by atoms with Gasteiger partial charge in [0.05, 0.1) is 6.61 Å². The fourth-order valence-corrected chi connectivity index (χ4v) is 0.589. The number of aliphatic hydroxyl groups excluding tert-OH is 1. The van der Waals surface area contributed by atoms with E-state index in [9.17, 15) is 14.4 Å². The van der Waals surface area contributed by atoms with Crippen LogP contribution in [0.4, 0.5) is 0 Å². The van der Waals surface area contributed by atoms with Crippen molar-refractivity contribution >= 4 is 17.8 Å². The maximum absolute atomic E-state index is 10.9. The van der Waals surface area contributed by atoms with Crippen LogP contribution in [-0.4, -0.2) is 47.3 Å². The van der Waals surface area contributed by atoms with Crippen LogP contribution >= 0.6 is 0 Å². The first-order valence-electron chi connectivity index (χ1n) is 3.73. The van der Waals surface area contributed by atoms with Crippen LogP contribution in [0.3, 0.4) is 0 Å². The zero-order valence-electron chi connectivity index (χ0n) is 7.52. The Kier molecular flexibility index (Phi) is 5.23. The van der Waals surface area contributed by atoms with Crippen molar-refractivity contribution in [3.8, 4) is 0 Å². The first-order valence-corrected chi connectivity index (χ1v) is 3.73. The van der Waals surface area contributed by atoms with E-state index in [1.807, 2.05) is 5.32 Å². The number of hydrogen-bond acceptors (Lipinski definition) is 5. The summed E-state index contributed by atoms with van der Waals surface area (Å²) in [6.07, 6.45) is 0. The summed E-state index contributed by atoms with van der Waals surface area (Å²) in [6.45, 7) is -0.158. The highest BCUT2D eigenvalue weighted by Crippen LogP contribution is 1.84. The third-order valence-corrected chi connectivity index (χ3v) is 1.22. The van der Waals surface area contributed by atoms with Crippen LogP contribution in [0.2, 0.25) is 0 Å². The lowest BCUT2D eigenvalue weighted by Crippen LogP contribution is -2.44. The van der Waals surface area contributed by atoms with E-state index in [-0.39, 0.29) is 0 Å². The molecule has 0 aliphatic carbocycles. The zero-order valence-corrected chi connectivity index (χ0v) is 7.52. The second kappa shape index (κ2) is 5.92. The number of amides is 1. The van der Waals surface area contributed by atoms with Gasteiger partial charge in [-0.15, -0.1) is 0 Å². The molecule has 0 aromatic rings. The minimum absolute atomic E-state index is 0.556. The van der Waals surface area contributed by atoms with Crippen molar-refractivity contribution in [2.45, 2.75) is 13.0 Å². The number of nitrogens with one attached hydrogen (secondary N) is 1. The molecule has 0 saturated heterocycles. The van der Waals surface area contributed by atoms with Gasteiger partial charge < -0.3 is 20.3 Å². The molecule has 0 aromatic carbocycles. The predicted molar refractivity (Wildman–Crippen MR) is 43.3 cm³/mol. The summed E-state index contributed by atoms with van der Waals surface area (Å²) >= 11 is 0. The molecule has 0 aliphatic heterocycles. The van der Waals surface area contributed by atoms with Crippen LogP contribution in [0, 0.1) is 0 Å². The summed E-state index contributed by atoms with van der Waals surface area (Å²) in [4.78, 5) is 31.4. The highest BCUT2D eigenvalue weighted by atomic mass is 16.5. The number of carbonyl (C=O) groups is 3. The molecule has 1 unspecified atom stereocenters. The topological polar surface area (TPSA) is 113 Å². The molecule has 7 nitrogen and oxygen atoms in total. The van der Waals surface area contributed by atoms with Crippen molar-refractivity contribution in [1.29, 1.82) is 0 Å². The molecule has 0 heterocycles. The van der Waals surface area contributed by atoms with Crippen LogP contribution in [0.25, 0.3) is 0 Å². The van der Waals surface area contributed by atoms with E-state index in [4.69, 9.17) is 10.2 Å². The van der Waals surface area contributed by atoms with Crippen molar-refractivity contribution in [3.05, 3.63) is 0 Å². The molecule has 1 atom stereocenters. The molecule has 3 N–H and O–H groups in total. The Balaban J connectivity index is 3.91. The first-order chi connectivity index (χ1) is 6.47. The normalized spacial score (nSPS) is 11.6. The SMILES string of the molecule is CC(=O)OCC(=O)NC(CO)C(=O)O. The van der Waals surface area contributed by atoms with E-state index in [1.165, 1.54) is 0 Å². The van der Waals surface area contributed by atoms with Crippen LogP contribution in [0.1, 0.15) is 6.92 Å². The molecular formula is C7H11NO6. The number of carboxylic acids is 1. The van der Waals surface area contributed by atoms with E-state index in [1.54, 1.807) is 0 Å². The Morgan fingerprint density at radius 1 is 1.43 bits per heavy atom. The molecule has 0 radical (unpaired) electrons. The third-order valence-electron chi connectivity index (χ3n) is 1.22. The van der Waals surface area contributed by atoms with Crippen molar-refractivity contribution in [2.24, 2.45) is 0 Å². The van der Waals surface area contributed by atoms with Crippen LogP contribution in [-0.2, 0) is 19.1 Å². The van der Waals surface area contributed by atoms with Crippen molar-refractivity contribution in [2.75, 3.05) is 13.2 Å². The Bertz CT molecular complexity index is 238. The monoisotopic (exact) mass is 205 g/mol. The van der Waals surface area contributed by atoms with Crippen molar-refractivity contribution < 1.29 is 29.3 Å². The standard InChI is InChI=1S/C7H11NO6/c1-4(10)14-3-6(11)8-5(2-9)7(12)13/h5,9H,2-3H2,1H3,(H,8,11)(H,12,13). The highest BCUT2D eigenvalue weighted by molar-refractivity contribution is 5.85. The molecule has 0 saturated carbocycles. The van der Waals surface area contributed by atoms with Crippen molar-refractivity contribution in [3.63, 3.8) is 0 Å². The number of carbonyl (C=O) groups excluding carboxylic acids is 2. The molecule has 0 spiro atoms. The first kappa shape index (κ1) is 12.4. The number of hydrogen-bond donors (Lipinski definition) is 3. The van der Waals surface area contributed by atoms with Gasteiger partial charge in [0.2, 0.25) is 0 Å². The summed E-state index contributed by atoms with van der Waals surface area (Å²) in [7, 11) is 0. The van der Waals surface area contributed by atoms with Gasteiger partial charge in [0.15, 0.2) is 6.61 Å². The van der Waals surface area contributed by atoms with E-state index >= 15 is 0 Å². The fraction of sp³-hybridized carbons (Fsp3) is 0.571. The Hall–Kier alpha value is -1.63. The quantitative estimate of drug-likeness (QED) is 0.452. The Labute approximate surface area is 79.7 Å². The van der Waals surface area contributed by atoms with E-state index in [2.05, 4.69) is 4.74 Å². The van der Waals surface area contributed by atoms with Crippen molar-refractivity contribution in [1.82, 2.24) is 5.32 Å². The summed E-state index contributed by atoms with van der Waals surface area (Å²) in [5.41, 5.74) is 0. The summed E-state index contributed by atoms with van der Waals surface area (Å²) < 4.78 is 4.30. The minimum atomic E-state index is -1.38. The molecule has 0 rings (SSSR count). The van der Waals surface area contributed by atoms with Gasteiger partial charge >= 0.3 is 11.9 Å². The largest absolute Gasteiger partial charge is 0.480 e. The lowest BCUT2D eigenvalue weighted by Gasteiger charge is -2.10. The molecule has 0 fully saturated rings. The zero-order chi connectivity index (χ0) is 11.1. The van der Waals surface area contributed by atoms with Crippen LogP contribution in [0.5, 0.6) is 0 Å². The van der Waals surface area contributed by atoms with E-state index in [0.29, 0.717) is 0 Å². The molecule has 7 heteroatoms. The molecule has 80 valence electrons. The number of esters is 1. The van der Waals surface area contributed by atoms with E-state index in [0.717, 1.165) is 6.92 Å². The number of aliphatic hydroxyl groups is 1. The maximum atomic E-state index is 10.9. The minimum Gasteiger partial charge on any atom is -0.480 e. The molecular weight excluding hydrogens is 194 g/mol. The smallest absolute Gasteiger partial charge is 0.328 e. The molecule has 0 bridgehead atoms. The third kappa shape index (κ3) is 5.09. The van der Waals surface area contributed by atoms with Gasteiger partial charge in [0, 0.05) is 6.92 Å². The Morgan fingerprint density at radius 2 is 2.00 bits per heavy atom. The average Bonchev–Trinajstić information content (AvgIpc) is 2.10. The number of aliphatic carboxylic acids is 1. The van der Waals surface area contributed by atoms with Gasteiger partial charge in [-0.05, 0) is 0 Å². The number of carboxylic acid groups (broad SMARTS) is 1. The molecule has 0 aromatic heterocycles. The maximum Gasteiger partial charge on any atom is 0.328 e. The molecule has 0 aliphatic rings. The molecule has 1 amide bonds. The number of rotatable bonds is 5. The van der Waals surface area contributed by atoms with Crippen LogP contribution < -0.4 is 5.32 Å². The summed E-state index contributed by atoms with van der Waals surface area (Å²) in [5, 5.41) is 18.9. The number of ether oxygens (including phenoxy) is 1. The lowest BCUT2D eigenvalue weighted by molar-refractivity contribution is -0.148. The second-order valence-electron chi connectivity index (χ2n) is 2.42. The fourth-order valence-electron chi connectivity index (χ4n) is 0.589. The average molecular weight is 205 g/mol. The van der Waals surface area contributed by atoms with Gasteiger partial charge in [-0.2, -0.15) is 0 Å². The lowest BCUT2D eigenvalue weighted by atomic mass is 10.3.